The van der Waals surface area contributed by atoms with Gasteiger partial charge in [-0.05, 0) is 73.9 Å². The van der Waals surface area contributed by atoms with E-state index in [1.54, 1.807) is 6.07 Å². The van der Waals surface area contributed by atoms with Crippen LogP contribution in [0.1, 0.15) is 105 Å². The second-order valence-electron chi connectivity index (χ2n) is 13.6. The van der Waals surface area contributed by atoms with Crippen molar-refractivity contribution in [2.45, 2.75) is 111 Å². The highest BCUT2D eigenvalue weighted by Gasteiger charge is 2.25. The second-order valence-corrected chi connectivity index (χ2v) is 13.6. The van der Waals surface area contributed by atoms with Crippen molar-refractivity contribution in [2.24, 2.45) is 11.8 Å². The summed E-state index contributed by atoms with van der Waals surface area (Å²) in [5.41, 5.74) is 11.4. The maximum absolute atomic E-state index is 11.3. The highest BCUT2D eigenvalue weighted by molar-refractivity contribution is 5.92. The molecule has 0 unspecified atom stereocenters. The maximum Gasteiger partial charge on any atom is 0.221 e. The van der Waals surface area contributed by atoms with Gasteiger partial charge in [-0.3, -0.25) is 9.59 Å². The number of hydrogen-bond donors (Lipinski definition) is 4. The van der Waals surface area contributed by atoms with E-state index in [-0.39, 0.29) is 17.2 Å². The number of hydrogen-bond acceptors (Lipinski definition) is 5. The van der Waals surface area contributed by atoms with Crippen LogP contribution >= 0.6 is 0 Å². The molecule has 8 nitrogen and oxygen atoms in total. The summed E-state index contributed by atoms with van der Waals surface area (Å²) in [6, 6.07) is 11.7. The number of nitrogens with zero attached hydrogens (tertiary/aromatic N) is 2. The number of carbonyl (C=O) groups is 2. The Morgan fingerprint density at radius 1 is 0.837 bits per heavy atom. The molecule has 0 spiro atoms. The molecule has 43 heavy (non-hydrogen) atoms. The lowest BCUT2D eigenvalue weighted by molar-refractivity contribution is -0.115. The van der Waals surface area contributed by atoms with E-state index in [1.165, 1.54) is 83.6 Å². The molecule has 0 radical (unpaired) electrons. The molecule has 5 N–H and O–H groups in total. The van der Waals surface area contributed by atoms with Gasteiger partial charge in [-0.1, -0.05) is 59.3 Å². The summed E-state index contributed by atoms with van der Waals surface area (Å²) in [4.78, 5) is 27.2. The number of nitrogen functional groups attached to an aromatic ring is 1. The number of carbonyl (C=O) groups excluding carboxylic acids is 2. The Morgan fingerprint density at radius 3 is 1.95 bits per heavy atom. The molecule has 0 aliphatic heterocycles. The van der Waals surface area contributed by atoms with E-state index in [4.69, 9.17) is 10.7 Å². The van der Waals surface area contributed by atoms with E-state index < -0.39 is 0 Å². The van der Waals surface area contributed by atoms with Crippen LogP contribution in [-0.2, 0) is 21.5 Å². The molecule has 2 fully saturated rings. The first-order chi connectivity index (χ1) is 20.5. The normalized spacial score (nSPS) is 16.3. The molecule has 0 saturated heterocycles. The zero-order chi connectivity index (χ0) is 31.0. The summed E-state index contributed by atoms with van der Waals surface area (Å²) in [5.74, 6) is 2.54. The first-order valence-corrected chi connectivity index (χ1v) is 16.2. The molecule has 1 heterocycles. The number of nitrogens with one attached hydrogen (secondary N) is 3. The highest BCUT2D eigenvalue weighted by atomic mass is 16.2. The molecule has 2 aromatic carbocycles. The molecule has 234 valence electrons. The number of amides is 2. The van der Waals surface area contributed by atoms with Gasteiger partial charge in [0.1, 0.15) is 5.82 Å². The Morgan fingerprint density at radius 2 is 1.40 bits per heavy atom. The minimum absolute atomic E-state index is 0.00184. The third-order valence-electron chi connectivity index (χ3n) is 8.58. The molecule has 2 aliphatic rings. The van der Waals surface area contributed by atoms with Crippen molar-refractivity contribution in [3.63, 3.8) is 0 Å². The van der Waals surface area contributed by atoms with Gasteiger partial charge in [0.2, 0.25) is 11.8 Å². The summed E-state index contributed by atoms with van der Waals surface area (Å²) in [6.07, 6.45) is 13.5. The monoisotopic (exact) mass is 588 g/mol. The van der Waals surface area contributed by atoms with Gasteiger partial charge in [0.05, 0.1) is 22.4 Å². The summed E-state index contributed by atoms with van der Waals surface area (Å²) in [6.45, 7) is 11.7. The Balaban J connectivity index is 0.000000203. The van der Waals surface area contributed by atoms with E-state index in [2.05, 4.69) is 47.4 Å². The van der Waals surface area contributed by atoms with Crippen LogP contribution in [0.4, 0.5) is 22.7 Å². The maximum atomic E-state index is 11.3. The van der Waals surface area contributed by atoms with Gasteiger partial charge >= 0.3 is 0 Å². The Labute approximate surface area is 257 Å². The van der Waals surface area contributed by atoms with E-state index in [0.717, 1.165) is 53.3 Å². The standard InChI is InChI=1S/C20H29N3O.C15H23N3O/c1-14(24)21-16-10-11-18-17(12-16)22-19(20(2,3)4)23(18)13-15-8-6-5-7-9-15;1-11(19)18-13-7-8-15(14(16)9-13)17-10-12-5-3-2-4-6-12/h10-12,15H,5-9,13H2,1-4H3,(H,21,24);7-9,12,17H,2-6,10,16H2,1H3,(H,18,19). The fraction of sp³-hybridized carbons (Fsp3) is 0.571. The van der Waals surface area contributed by atoms with Crippen molar-refractivity contribution >= 4 is 45.6 Å². The smallest absolute Gasteiger partial charge is 0.221 e. The van der Waals surface area contributed by atoms with Crippen molar-refractivity contribution in [3.05, 3.63) is 42.2 Å². The van der Waals surface area contributed by atoms with E-state index in [1.807, 2.05) is 24.3 Å². The largest absolute Gasteiger partial charge is 0.397 e. The van der Waals surface area contributed by atoms with Crippen LogP contribution in [0, 0.1) is 11.8 Å². The SMILES string of the molecule is CC(=O)Nc1ccc(NCC2CCCCC2)c(N)c1.CC(=O)Nc1ccc2c(c1)nc(C(C)(C)C)n2CC1CCCCC1. The molecule has 2 saturated carbocycles. The zero-order valence-electron chi connectivity index (χ0n) is 26.9. The molecule has 2 aliphatic carbocycles. The van der Waals surface area contributed by atoms with Crippen molar-refractivity contribution < 1.29 is 9.59 Å². The van der Waals surface area contributed by atoms with Crippen LogP contribution in [0.3, 0.4) is 0 Å². The minimum Gasteiger partial charge on any atom is -0.397 e. The minimum atomic E-state index is -0.0812. The van der Waals surface area contributed by atoms with Gasteiger partial charge in [0.25, 0.3) is 0 Å². The molecule has 0 bridgehead atoms. The van der Waals surface area contributed by atoms with Crippen LogP contribution in [0.2, 0.25) is 0 Å². The van der Waals surface area contributed by atoms with Crippen molar-refractivity contribution in [1.29, 1.82) is 0 Å². The molecular weight excluding hydrogens is 536 g/mol. The number of anilines is 4. The molecule has 3 aromatic rings. The summed E-state index contributed by atoms with van der Waals surface area (Å²) < 4.78 is 2.42. The van der Waals surface area contributed by atoms with Gasteiger partial charge in [0, 0.05) is 43.7 Å². The zero-order valence-corrected chi connectivity index (χ0v) is 26.9. The lowest BCUT2D eigenvalue weighted by Crippen LogP contribution is -2.22. The van der Waals surface area contributed by atoms with Crippen LogP contribution in [0.25, 0.3) is 11.0 Å². The van der Waals surface area contributed by atoms with Gasteiger partial charge in [-0.15, -0.1) is 0 Å². The fourth-order valence-corrected chi connectivity index (χ4v) is 6.45. The van der Waals surface area contributed by atoms with Crippen LogP contribution in [-0.4, -0.2) is 27.9 Å². The lowest BCUT2D eigenvalue weighted by Gasteiger charge is -2.26. The van der Waals surface area contributed by atoms with Crippen molar-refractivity contribution in [2.75, 3.05) is 28.2 Å². The first-order valence-electron chi connectivity index (χ1n) is 16.2. The average Bonchev–Trinajstić information content (AvgIpc) is 3.31. The second kappa shape index (κ2) is 14.8. The molecule has 1 aromatic heterocycles. The van der Waals surface area contributed by atoms with Gasteiger partial charge in [-0.25, -0.2) is 4.98 Å². The Kier molecular flexibility index (Phi) is 11.1. The van der Waals surface area contributed by atoms with E-state index in [9.17, 15) is 9.59 Å². The Bertz CT molecular complexity index is 1380. The van der Waals surface area contributed by atoms with Gasteiger partial charge in [-0.2, -0.15) is 0 Å². The van der Waals surface area contributed by atoms with Crippen LogP contribution in [0.5, 0.6) is 0 Å². The predicted molar refractivity (Wildman–Crippen MR) is 180 cm³/mol. The van der Waals surface area contributed by atoms with Crippen LogP contribution < -0.4 is 21.7 Å². The van der Waals surface area contributed by atoms with E-state index >= 15 is 0 Å². The number of nitrogens with two attached hydrogens (primary N) is 1. The quantitative estimate of drug-likeness (QED) is 0.208. The molecule has 8 heteroatoms. The fourth-order valence-electron chi connectivity index (χ4n) is 6.45. The highest BCUT2D eigenvalue weighted by Crippen LogP contribution is 2.32. The number of rotatable bonds is 7. The van der Waals surface area contributed by atoms with E-state index in [0.29, 0.717) is 5.69 Å². The number of fused-ring (bicyclic) bond motifs is 1. The lowest BCUT2D eigenvalue weighted by atomic mass is 9.88. The molecule has 5 rings (SSSR count). The molecular formula is C35H52N6O2. The Hall–Kier alpha value is -3.55. The first kappa shape index (κ1) is 32.4. The van der Waals surface area contributed by atoms with Gasteiger partial charge < -0.3 is 26.3 Å². The number of aromatic nitrogens is 2. The number of imidazole rings is 1. The van der Waals surface area contributed by atoms with Crippen molar-refractivity contribution in [3.8, 4) is 0 Å². The summed E-state index contributed by atoms with van der Waals surface area (Å²) >= 11 is 0. The van der Waals surface area contributed by atoms with Crippen molar-refractivity contribution in [1.82, 2.24) is 9.55 Å². The average molecular weight is 589 g/mol. The van der Waals surface area contributed by atoms with Crippen LogP contribution in [0.15, 0.2) is 36.4 Å². The number of benzene rings is 2. The third kappa shape index (κ3) is 9.47. The third-order valence-corrected chi connectivity index (χ3v) is 8.58. The topological polar surface area (TPSA) is 114 Å². The molecule has 0 atom stereocenters. The summed E-state index contributed by atoms with van der Waals surface area (Å²) in [5, 5.41) is 9.01. The molecule has 2 amide bonds. The predicted octanol–water partition coefficient (Wildman–Crippen LogP) is 8.09. The van der Waals surface area contributed by atoms with Gasteiger partial charge in [0.15, 0.2) is 0 Å². The summed E-state index contributed by atoms with van der Waals surface area (Å²) in [7, 11) is 0.